The van der Waals surface area contributed by atoms with Crippen LogP contribution in [0, 0.1) is 11.3 Å². The number of nitriles is 1. The maximum atomic E-state index is 8.87. The predicted molar refractivity (Wildman–Crippen MR) is 72.2 cm³/mol. The second kappa shape index (κ2) is 5.65. The van der Waals surface area contributed by atoms with Crippen LogP contribution in [0.1, 0.15) is 12.2 Å². The van der Waals surface area contributed by atoms with E-state index >= 15 is 0 Å². The third-order valence-electron chi connectivity index (χ3n) is 2.96. The molecule has 0 saturated heterocycles. The Hall–Kier alpha value is -1.86. The molecule has 4 heteroatoms. The van der Waals surface area contributed by atoms with Gasteiger partial charge in [0.15, 0.2) is 0 Å². The average Bonchev–Trinajstić information content (AvgIpc) is 2.68. The van der Waals surface area contributed by atoms with Gasteiger partial charge in [0.05, 0.1) is 23.5 Å². The SMILES string of the molecule is CN(C)CCCn1c(CC#N)nc2ccccc21. The molecule has 1 heterocycles. The van der Waals surface area contributed by atoms with E-state index in [4.69, 9.17) is 5.26 Å². The molecule has 0 aliphatic heterocycles. The van der Waals surface area contributed by atoms with E-state index in [0.717, 1.165) is 36.4 Å². The first-order valence-corrected chi connectivity index (χ1v) is 6.18. The molecule has 18 heavy (non-hydrogen) atoms. The molecule has 0 saturated carbocycles. The van der Waals surface area contributed by atoms with Gasteiger partial charge in [-0.2, -0.15) is 5.26 Å². The van der Waals surface area contributed by atoms with E-state index in [9.17, 15) is 0 Å². The summed E-state index contributed by atoms with van der Waals surface area (Å²) in [5, 5.41) is 8.87. The van der Waals surface area contributed by atoms with E-state index in [1.807, 2.05) is 18.2 Å². The normalized spacial score (nSPS) is 11.0. The fraction of sp³-hybridized carbons (Fsp3) is 0.429. The summed E-state index contributed by atoms with van der Waals surface area (Å²) in [6, 6.07) is 10.3. The number of para-hydroxylation sites is 2. The van der Waals surface area contributed by atoms with E-state index in [0.29, 0.717) is 6.42 Å². The van der Waals surface area contributed by atoms with Crippen molar-refractivity contribution >= 4 is 11.0 Å². The highest BCUT2D eigenvalue weighted by molar-refractivity contribution is 5.75. The van der Waals surface area contributed by atoms with Crippen LogP contribution < -0.4 is 0 Å². The van der Waals surface area contributed by atoms with Crippen molar-refractivity contribution in [3.05, 3.63) is 30.1 Å². The summed E-state index contributed by atoms with van der Waals surface area (Å²) >= 11 is 0. The smallest absolute Gasteiger partial charge is 0.124 e. The molecule has 4 nitrogen and oxygen atoms in total. The number of aromatic nitrogens is 2. The molecule has 0 radical (unpaired) electrons. The summed E-state index contributed by atoms with van der Waals surface area (Å²) in [4.78, 5) is 6.70. The number of fused-ring (bicyclic) bond motifs is 1. The Morgan fingerprint density at radius 3 is 2.83 bits per heavy atom. The molecule has 0 atom stereocenters. The Morgan fingerprint density at radius 1 is 1.33 bits per heavy atom. The van der Waals surface area contributed by atoms with E-state index in [1.165, 1.54) is 0 Å². The van der Waals surface area contributed by atoms with Crippen LogP contribution in [0.5, 0.6) is 0 Å². The second-order valence-corrected chi connectivity index (χ2v) is 4.66. The molecule has 0 fully saturated rings. The quantitative estimate of drug-likeness (QED) is 0.806. The zero-order valence-corrected chi connectivity index (χ0v) is 10.9. The van der Waals surface area contributed by atoms with Gasteiger partial charge in [-0.3, -0.25) is 0 Å². The lowest BCUT2D eigenvalue weighted by molar-refractivity contribution is 0.386. The van der Waals surface area contributed by atoms with Gasteiger partial charge >= 0.3 is 0 Å². The van der Waals surface area contributed by atoms with Crippen LogP contribution in [0.15, 0.2) is 24.3 Å². The molecule has 0 bridgehead atoms. The van der Waals surface area contributed by atoms with Crippen LogP contribution in [-0.2, 0) is 13.0 Å². The molecule has 0 aliphatic carbocycles. The van der Waals surface area contributed by atoms with Crippen molar-refractivity contribution in [2.24, 2.45) is 0 Å². The van der Waals surface area contributed by atoms with Crippen LogP contribution >= 0.6 is 0 Å². The van der Waals surface area contributed by atoms with Crippen LogP contribution in [0.3, 0.4) is 0 Å². The van der Waals surface area contributed by atoms with Crippen LogP contribution in [0.4, 0.5) is 0 Å². The third kappa shape index (κ3) is 2.69. The van der Waals surface area contributed by atoms with Gasteiger partial charge in [0.25, 0.3) is 0 Å². The lowest BCUT2D eigenvalue weighted by Crippen LogP contribution is -2.15. The first-order chi connectivity index (χ1) is 8.72. The Balaban J connectivity index is 2.27. The predicted octanol–water partition coefficient (Wildman–Crippen LogP) is 2.05. The minimum Gasteiger partial charge on any atom is -0.327 e. The van der Waals surface area contributed by atoms with Gasteiger partial charge in [-0.05, 0) is 39.2 Å². The summed E-state index contributed by atoms with van der Waals surface area (Å²) < 4.78 is 2.17. The van der Waals surface area contributed by atoms with Crippen LogP contribution in [0.2, 0.25) is 0 Å². The van der Waals surface area contributed by atoms with Crippen molar-refractivity contribution in [3.8, 4) is 6.07 Å². The number of aryl methyl sites for hydroxylation is 1. The molecule has 0 spiro atoms. The highest BCUT2D eigenvalue weighted by atomic mass is 15.1. The third-order valence-corrected chi connectivity index (χ3v) is 2.96. The summed E-state index contributed by atoms with van der Waals surface area (Å²) in [6.07, 6.45) is 1.43. The van der Waals surface area contributed by atoms with Crippen molar-refractivity contribution < 1.29 is 0 Å². The molecule has 0 N–H and O–H groups in total. The van der Waals surface area contributed by atoms with Gasteiger partial charge in [-0.1, -0.05) is 12.1 Å². The zero-order chi connectivity index (χ0) is 13.0. The standard InChI is InChI=1S/C14H18N4/c1-17(2)10-5-11-18-13-7-4-3-6-12(13)16-14(18)8-9-15/h3-4,6-7H,5,8,10-11H2,1-2H3. The minimum atomic E-state index is 0.372. The maximum Gasteiger partial charge on any atom is 0.124 e. The van der Waals surface area contributed by atoms with Gasteiger partial charge in [-0.15, -0.1) is 0 Å². The van der Waals surface area contributed by atoms with Gasteiger partial charge in [-0.25, -0.2) is 4.98 Å². The van der Waals surface area contributed by atoms with Crippen molar-refractivity contribution in [1.29, 1.82) is 5.26 Å². The largest absolute Gasteiger partial charge is 0.327 e. The van der Waals surface area contributed by atoms with E-state index in [2.05, 4.69) is 40.7 Å². The number of rotatable bonds is 5. The van der Waals surface area contributed by atoms with Gasteiger partial charge in [0.1, 0.15) is 5.82 Å². The Bertz CT molecular complexity index is 563. The zero-order valence-electron chi connectivity index (χ0n) is 10.9. The summed E-state index contributed by atoms with van der Waals surface area (Å²) in [6.45, 7) is 1.95. The number of hydrogen-bond donors (Lipinski definition) is 0. The number of benzene rings is 1. The molecule has 1 aromatic heterocycles. The summed E-state index contributed by atoms with van der Waals surface area (Å²) in [5.74, 6) is 0.873. The average molecular weight is 242 g/mol. The first kappa shape index (κ1) is 12.6. The highest BCUT2D eigenvalue weighted by Crippen LogP contribution is 2.16. The van der Waals surface area contributed by atoms with Crippen LogP contribution in [0.25, 0.3) is 11.0 Å². The van der Waals surface area contributed by atoms with Gasteiger partial charge in [0.2, 0.25) is 0 Å². The molecule has 2 rings (SSSR count). The summed E-state index contributed by atoms with van der Waals surface area (Å²) in [7, 11) is 4.14. The summed E-state index contributed by atoms with van der Waals surface area (Å²) in [5.41, 5.74) is 2.11. The topological polar surface area (TPSA) is 44.9 Å². The highest BCUT2D eigenvalue weighted by Gasteiger charge is 2.09. The first-order valence-electron chi connectivity index (χ1n) is 6.18. The van der Waals surface area contributed by atoms with Crippen molar-refractivity contribution in [3.63, 3.8) is 0 Å². The molecular weight excluding hydrogens is 224 g/mol. The monoisotopic (exact) mass is 242 g/mol. The molecule has 0 aliphatic rings. The second-order valence-electron chi connectivity index (χ2n) is 4.66. The Morgan fingerprint density at radius 2 is 2.11 bits per heavy atom. The van der Waals surface area contributed by atoms with Crippen molar-refractivity contribution in [1.82, 2.24) is 14.5 Å². The van der Waals surface area contributed by atoms with Crippen molar-refractivity contribution in [2.75, 3.05) is 20.6 Å². The molecule has 2 aromatic rings. The maximum absolute atomic E-state index is 8.87. The van der Waals surface area contributed by atoms with E-state index < -0.39 is 0 Å². The number of imidazole rings is 1. The van der Waals surface area contributed by atoms with E-state index in [-0.39, 0.29) is 0 Å². The van der Waals surface area contributed by atoms with Crippen LogP contribution in [-0.4, -0.2) is 35.1 Å². The molecule has 1 aromatic carbocycles. The lowest BCUT2D eigenvalue weighted by Gasteiger charge is -2.11. The fourth-order valence-electron chi connectivity index (χ4n) is 2.13. The Kier molecular flexibility index (Phi) is 3.96. The lowest BCUT2D eigenvalue weighted by atomic mass is 10.3. The van der Waals surface area contributed by atoms with Crippen molar-refractivity contribution in [2.45, 2.75) is 19.4 Å². The van der Waals surface area contributed by atoms with Gasteiger partial charge in [0, 0.05) is 6.54 Å². The number of nitrogens with zero attached hydrogens (tertiary/aromatic N) is 4. The molecule has 94 valence electrons. The van der Waals surface area contributed by atoms with E-state index in [1.54, 1.807) is 0 Å². The Labute approximate surface area is 107 Å². The minimum absolute atomic E-state index is 0.372. The molecule has 0 amide bonds. The fourth-order valence-corrected chi connectivity index (χ4v) is 2.13. The number of hydrogen-bond acceptors (Lipinski definition) is 3. The molecule has 0 unspecified atom stereocenters. The molecular formula is C14H18N4. The van der Waals surface area contributed by atoms with Gasteiger partial charge < -0.3 is 9.47 Å².